The summed E-state index contributed by atoms with van der Waals surface area (Å²) in [4.78, 5) is 63.1. The molecule has 4 aromatic rings. The van der Waals surface area contributed by atoms with Crippen molar-refractivity contribution in [2.75, 3.05) is 6.61 Å². The summed E-state index contributed by atoms with van der Waals surface area (Å²) in [5.41, 5.74) is 0.0223. The van der Waals surface area contributed by atoms with E-state index in [1.165, 1.54) is 6.92 Å². The zero-order valence-corrected chi connectivity index (χ0v) is 24.6. The number of nitrogens with one attached hydrogen (secondary N) is 1. The van der Waals surface area contributed by atoms with Crippen LogP contribution in [-0.2, 0) is 33.3 Å². The number of ether oxygens (including phenoxy) is 4. The molecule has 0 bridgehead atoms. The van der Waals surface area contributed by atoms with E-state index in [2.05, 4.69) is 39.4 Å². The number of nitrogens with zero attached hydrogens (tertiary/aromatic N) is 1. The minimum atomic E-state index is -1.36. The molecule has 2 aromatic carbocycles. The molecule has 0 spiro atoms. The fraction of sp³-hybridized carbons (Fsp3) is 0.276. The van der Waals surface area contributed by atoms with Crippen LogP contribution in [0.15, 0.2) is 56.6 Å². The van der Waals surface area contributed by atoms with Gasteiger partial charge in [0, 0.05) is 37.7 Å². The summed E-state index contributed by atoms with van der Waals surface area (Å²) in [5.74, 6) is 3.65. The Balaban J connectivity index is 1.57. The quantitative estimate of drug-likeness (QED) is 0.143. The number of furan rings is 1. The minimum Gasteiger partial charge on any atom is -0.463 e. The smallest absolute Gasteiger partial charge is 0.330 e. The van der Waals surface area contributed by atoms with Crippen molar-refractivity contribution in [3.63, 3.8) is 0 Å². The van der Waals surface area contributed by atoms with Crippen LogP contribution in [0.3, 0.4) is 0 Å². The topological polar surface area (TPSA) is 156 Å². The van der Waals surface area contributed by atoms with Gasteiger partial charge in [-0.15, -0.1) is 0 Å². The summed E-state index contributed by atoms with van der Waals surface area (Å²) in [6.45, 7) is 3.10. The van der Waals surface area contributed by atoms with Crippen LogP contribution in [0.1, 0.15) is 38.1 Å². The molecule has 12 nitrogen and oxygen atoms in total. The largest absolute Gasteiger partial charge is 0.463 e. The lowest BCUT2D eigenvalue weighted by Gasteiger charge is -2.23. The Kier molecular flexibility index (Phi) is 8.19. The van der Waals surface area contributed by atoms with Crippen LogP contribution < -0.4 is 11.2 Å². The van der Waals surface area contributed by atoms with Gasteiger partial charge in [-0.25, -0.2) is 4.79 Å². The van der Waals surface area contributed by atoms with E-state index in [0.717, 1.165) is 39.0 Å². The van der Waals surface area contributed by atoms with Crippen molar-refractivity contribution in [2.45, 2.75) is 45.3 Å². The maximum atomic E-state index is 12.9. The predicted molar refractivity (Wildman–Crippen MR) is 155 cm³/mol. The Hall–Kier alpha value is -4.42. The van der Waals surface area contributed by atoms with E-state index in [4.69, 9.17) is 23.4 Å². The lowest BCUT2D eigenvalue weighted by molar-refractivity contribution is -0.166. The first-order valence-corrected chi connectivity index (χ1v) is 13.7. The van der Waals surface area contributed by atoms with Crippen LogP contribution in [0.5, 0.6) is 0 Å². The number of carbonyl (C=O) groups is 3. The first-order valence-electron chi connectivity index (χ1n) is 12.6. The third-order valence-electron chi connectivity index (χ3n) is 6.39. The fourth-order valence-electron chi connectivity index (χ4n) is 4.70. The second kappa shape index (κ2) is 11.8. The van der Waals surface area contributed by atoms with E-state index < -0.39 is 53.7 Å². The SMILES string of the molecule is CC(=O)OC[C@H]1O[C@@H](n2cc(C#Cc3cccc4c3oc3c(I)cccc34)c(=O)[nH]c2=O)[C@H](OC(C)=O)[C@@H]1OC(C)=O. The van der Waals surface area contributed by atoms with Crippen molar-refractivity contribution in [1.82, 2.24) is 9.55 Å². The van der Waals surface area contributed by atoms with Gasteiger partial charge in [0.25, 0.3) is 5.56 Å². The normalized spacial score (nSPS) is 19.7. The Labute approximate surface area is 251 Å². The lowest BCUT2D eigenvalue weighted by atomic mass is 10.1. The van der Waals surface area contributed by atoms with Gasteiger partial charge < -0.3 is 23.4 Å². The number of H-pyrrole nitrogens is 1. The molecule has 0 unspecified atom stereocenters. The van der Waals surface area contributed by atoms with Crippen molar-refractivity contribution in [2.24, 2.45) is 0 Å². The Bertz CT molecular complexity index is 1910. The molecule has 42 heavy (non-hydrogen) atoms. The van der Waals surface area contributed by atoms with E-state index in [1.54, 1.807) is 6.07 Å². The summed E-state index contributed by atoms with van der Waals surface area (Å²) in [5, 5.41) is 1.78. The van der Waals surface area contributed by atoms with Crippen molar-refractivity contribution in [1.29, 1.82) is 0 Å². The first kappa shape index (κ1) is 29.1. The van der Waals surface area contributed by atoms with Crippen LogP contribution in [0.2, 0.25) is 0 Å². The molecule has 0 radical (unpaired) electrons. The predicted octanol–water partition coefficient (Wildman–Crippen LogP) is 2.76. The standard InChI is InChI=1S/C29H23IN2O10/c1-14(33)38-13-22-25(39-15(2)34)26(40-16(3)35)28(41-22)32-12-18(27(36)31-29(32)37)11-10-17-6-4-7-19-20-8-5-9-21(30)24(20)42-23(17)19/h4-9,12,22,25-26,28H,13H2,1-3H3,(H,31,36,37)/t22-,25-,26-,28-/m1/s1. The first-order chi connectivity index (χ1) is 20.0. The molecular weight excluding hydrogens is 663 g/mol. The molecule has 1 fully saturated rings. The van der Waals surface area contributed by atoms with Crippen molar-refractivity contribution in [3.8, 4) is 11.8 Å². The maximum absolute atomic E-state index is 12.9. The molecule has 1 aliphatic rings. The highest BCUT2D eigenvalue weighted by atomic mass is 127. The number of para-hydroxylation sites is 2. The number of hydrogen-bond donors (Lipinski definition) is 1. The van der Waals surface area contributed by atoms with E-state index in [-0.39, 0.29) is 12.2 Å². The molecule has 1 saturated heterocycles. The van der Waals surface area contributed by atoms with Gasteiger partial charge in [-0.3, -0.25) is 28.7 Å². The van der Waals surface area contributed by atoms with E-state index in [0.29, 0.717) is 16.7 Å². The van der Waals surface area contributed by atoms with Gasteiger partial charge in [0.2, 0.25) is 0 Å². The van der Waals surface area contributed by atoms with Gasteiger partial charge in [0.1, 0.15) is 23.9 Å². The number of fused-ring (bicyclic) bond motifs is 3. The Morgan fingerprint density at radius 2 is 1.55 bits per heavy atom. The van der Waals surface area contributed by atoms with Gasteiger partial charge in [-0.05, 0) is 34.7 Å². The Morgan fingerprint density at radius 1 is 0.905 bits per heavy atom. The number of aromatic amines is 1. The number of aromatic nitrogens is 2. The lowest BCUT2D eigenvalue weighted by Crippen LogP contribution is -2.42. The molecule has 5 rings (SSSR count). The van der Waals surface area contributed by atoms with Crippen LogP contribution in [0.25, 0.3) is 21.9 Å². The summed E-state index contributed by atoms with van der Waals surface area (Å²) in [6.07, 6.45) is -3.82. The molecule has 13 heteroatoms. The highest BCUT2D eigenvalue weighted by Crippen LogP contribution is 2.34. The summed E-state index contributed by atoms with van der Waals surface area (Å²) in [7, 11) is 0. The molecule has 2 aromatic heterocycles. The van der Waals surface area contributed by atoms with E-state index in [9.17, 15) is 24.0 Å². The molecule has 216 valence electrons. The summed E-state index contributed by atoms with van der Waals surface area (Å²) < 4.78 is 29.7. The summed E-state index contributed by atoms with van der Waals surface area (Å²) in [6, 6.07) is 11.3. The van der Waals surface area contributed by atoms with Crippen LogP contribution in [-0.4, -0.2) is 52.4 Å². The van der Waals surface area contributed by atoms with Crippen molar-refractivity contribution in [3.05, 3.63) is 78.1 Å². The average molecular weight is 686 g/mol. The molecule has 4 atom stereocenters. The van der Waals surface area contributed by atoms with Gasteiger partial charge in [0.15, 0.2) is 24.0 Å². The highest BCUT2D eigenvalue weighted by Gasteiger charge is 2.51. The van der Waals surface area contributed by atoms with Gasteiger partial charge >= 0.3 is 23.6 Å². The number of hydrogen-bond acceptors (Lipinski definition) is 10. The maximum Gasteiger partial charge on any atom is 0.330 e. The zero-order valence-electron chi connectivity index (χ0n) is 22.5. The zero-order chi connectivity index (χ0) is 30.1. The molecule has 1 N–H and O–H groups in total. The molecule has 0 saturated carbocycles. The van der Waals surface area contributed by atoms with Gasteiger partial charge in [0.05, 0.1) is 9.13 Å². The number of rotatable bonds is 5. The third kappa shape index (κ3) is 5.81. The van der Waals surface area contributed by atoms with Crippen LogP contribution in [0, 0.1) is 15.4 Å². The van der Waals surface area contributed by atoms with Crippen molar-refractivity contribution < 1.29 is 37.7 Å². The number of carbonyl (C=O) groups excluding carboxylic acids is 3. The van der Waals surface area contributed by atoms with Crippen molar-refractivity contribution >= 4 is 62.4 Å². The highest BCUT2D eigenvalue weighted by molar-refractivity contribution is 14.1. The second-order valence-corrected chi connectivity index (χ2v) is 10.5. The number of benzene rings is 2. The second-order valence-electron chi connectivity index (χ2n) is 9.38. The molecule has 0 aliphatic carbocycles. The fourth-order valence-corrected chi connectivity index (χ4v) is 5.31. The monoisotopic (exact) mass is 686 g/mol. The van der Waals surface area contributed by atoms with Crippen LogP contribution >= 0.6 is 22.6 Å². The van der Waals surface area contributed by atoms with E-state index >= 15 is 0 Å². The number of halogens is 1. The third-order valence-corrected chi connectivity index (χ3v) is 7.24. The van der Waals surface area contributed by atoms with E-state index in [1.807, 2.05) is 30.3 Å². The summed E-state index contributed by atoms with van der Waals surface area (Å²) >= 11 is 2.19. The van der Waals surface area contributed by atoms with Gasteiger partial charge in [-0.1, -0.05) is 36.1 Å². The number of esters is 3. The molecule has 1 aliphatic heterocycles. The van der Waals surface area contributed by atoms with Gasteiger partial charge in [-0.2, -0.15) is 0 Å². The Morgan fingerprint density at radius 3 is 2.24 bits per heavy atom. The average Bonchev–Trinajstić information content (AvgIpc) is 3.46. The molecule has 3 heterocycles. The minimum absolute atomic E-state index is 0.102. The molecule has 0 amide bonds. The molecular formula is C29H23IN2O10. The van der Waals surface area contributed by atoms with Crippen LogP contribution in [0.4, 0.5) is 0 Å².